The summed E-state index contributed by atoms with van der Waals surface area (Å²) in [4.78, 5) is 15.5. The summed E-state index contributed by atoms with van der Waals surface area (Å²) in [7, 11) is 0. The minimum Gasteiger partial charge on any atom is -0.375 e. The van der Waals surface area contributed by atoms with Gasteiger partial charge in [0.1, 0.15) is 0 Å². The topological polar surface area (TPSA) is 94.0 Å². The van der Waals surface area contributed by atoms with Gasteiger partial charge in [0.25, 0.3) is 0 Å². The fourth-order valence-corrected chi connectivity index (χ4v) is 3.48. The first kappa shape index (κ1) is 13.3. The Morgan fingerprint density at radius 3 is 2.62 bits per heavy atom. The predicted octanol–water partition coefficient (Wildman–Crippen LogP) is 1.14. The van der Waals surface area contributed by atoms with Gasteiger partial charge in [-0.1, -0.05) is 25.2 Å². The molecule has 0 aliphatic heterocycles. The quantitative estimate of drug-likeness (QED) is 0.327. The van der Waals surface area contributed by atoms with Crippen molar-refractivity contribution in [3.63, 3.8) is 0 Å². The number of thioether (sulfide) groups is 1. The molecule has 0 bridgehead atoms. The molecule has 2 atom stereocenters. The molecule has 0 fully saturated rings. The Bertz CT molecular complexity index is 380. The lowest BCUT2D eigenvalue weighted by Gasteiger charge is -2.16. The van der Waals surface area contributed by atoms with Gasteiger partial charge in [0.05, 0.1) is 9.90 Å². The highest BCUT2D eigenvalue weighted by Crippen LogP contribution is 2.35. The normalized spacial score (nSPS) is 14.5. The summed E-state index contributed by atoms with van der Waals surface area (Å²) in [6.45, 7) is 5.75. The number of nitrogens with two attached hydrogens (primary N) is 2. The Hall–Kier alpha value is -0.790. The van der Waals surface area contributed by atoms with E-state index in [1.54, 1.807) is 11.8 Å². The SMILES string of the molecule is Cc1nc(N)sc1SC(C)C(C)C(=O)NN. The highest BCUT2D eigenvalue weighted by molar-refractivity contribution is 8.01. The van der Waals surface area contributed by atoms with Crippen LogP contribution in [0.2, 0.25) is 0 Å². The summed E-state index contributed by atoms with van der Waals surface area (Å²) in [5.41, 5.74) is 8.69. The molecule has 0 saturated heterocycles. The number of nitrogens with one attached hydrogen (secondary N) is 1. The van der Waals surface area contributed by atoms with Gasteiger partial charge in [-0.25, -0.2) is 10.8 Å². The number of hydrogen-bond acceptors (Lipinski definition) is 6. The molecule has 0 aliphatic carbocycles. The number of hydrogen-bond donors (Lipinski definition) is 3. The zero-order valence-electron chi connectivity index (χ0n) is 9.48. The maximum Gasteiger partial charge on any atom is 0.237 e. The van der Waals surface area contributed by atoms with Crippen LogP contribution in [0, 0.1) is 12.8 Å². The number of carbonyl (C=O) groups excluding carboxylic acids is 1. The molecule has 0 aliphatic rings. The molecule has 1 amide bonds. The first-order valence-electron chi connectivity index (χ1n) is 4.85. The van der Waals surface area contributed by atoms with Crippen molar-refractivity contribution >= 4 is 34.1 Å². The molecule has 1 aromatic rings. The number of aromatic nitrogens is 1. The number of anilines is 1. The van der Waals surface area contributed by atoms with Crippen molar-refractivity contribution in [2.45, 2.75) is 30.2 Å². The van der Waals surface area contributed by atoms with Crippen molar-refractivity contribution < 1.29 is 4.79 Å². The molecule has 7 heteroatoms. The van der Waals surface area contributed by atoms with Crippen LogP contribution in [-0.4, -0.2) is 16.1 Å². The molecular weight excluding hydrogens is 244 g/mol. The van der Waals surface area contributed by atoms with E-state index in [0.717, 1.165) is 9.90 Å². The van der Waals surface area contributed by atoms with E-state index in [2.05, 4.69) is 10.4 Å². The molecule has 2 unspecified atom stereocenters. The second-order valence-corrected chi connectivity index (χ2v) is 6.22. The summed E-state index contributed by atoms with van der Waals surface area (Å²) in [5.74, 6) is 4.79. The molecule has 1 rings (SSSR count). The van der Waals surface area contributed by atoms with Gasteiger partial charge in [-0.3, -0.25) is 10.2 Å². The van der Waals surface area contributed by atoms with Gasteiger partial charge in [0, 0.05) is 11.2 Å². The number of amides is 1. The zero-order chi connectivity index (χ0) is 12.3. The number of aryl methyl sites for hydroxylation is 1. The van der Waals surface area contributed by atoms with Crippen LogP contribution >= 0.6 is 23.1 Å². The molecule has 0 spiro atoms. The minimum atomic E-state index is -0.157. The van der Waals surface area contributed by atoms with E-state index in [0.29, 0.717) is 5.13 Å². The van der Waals surface area contributed by atoms with Crippen LogP contribution in [0.15, 0.2) is 4.21 Å². The zero-order valence-corrected chi connectivity index (χ0v) is 11.1. The Morgan fingerprint density at radius 2 is 2.19 bits per heavy atom. The molecule has 0 radical (unpaired) electrons. The monoisotopic (exact) mass is 260 g/mol. The molecule has 5 nitrogen and oxygen atoms in total. The minimum absolute atomic E-state index is 0.127. The van der Waals surface area contributed by atoms with Crippen LogP contribution in [-0.2, 0) is 4.79 Å². The van der Waals surface area contributed by atoms with E-state index in [4.69, 9.17) is 11.6 Å². The highest BCUT2D eigenvalue weighted by Gasteiger charge is 2.22. The van der Waals surface area contributed by atoms with Crippen LogP contribution in [0.4, 0.5) is 5.13 Å². The fourth-order valence-electron chi connectivity index (χ4n) is 1.13. The third-order valence-corrected chi connectivity index (χ3v) is 4.93. The Kier molecular flexibility index (Phi) is 4.57. The van der Waals surface area contributed by atoms with Crippen molar-refractivity contribution in [3.8, 4) is 0 Å². The second kappa shape index (κ2) is 5.51. The molecule has 16 heavy (non-hydrogen) atoms. The number of hydrazine groups is 1. The first-order chi connectivity index (χ1) is 7.45. The lowest BCUT2D eigenvalue weighted by atomic mass is 10.1. The largest absolute Gasteiger partial charge is 0.375 e. The van der Waals surface area contributed by atoms with Crippen molar-refractivity contribution in [1.82, 2.24) is 10.4 Å². The number of rotatable bonds is 4. The van der Waals surface area contributed by atoms with Crippen LogP contribution in [0.3, 0.4) is 0 Å². The van der Waals surface area contributed by atoms with Gasteiger partial charge < -0.3 is 5.73 Å². The summed E-state index contributed by atoms with van der Waals surface area (Å²) in [6.07, 6.45) is 0. The highest BCUT2D eigenvalue weighted by atomic mass is 32.2. The third-order valence-electron chi connectivity index (χ3n) is 2.32. The first-order valence-corrected chi connectivity index (χ1v) is 6.55. The fraction of sp³-hybridized carbons (Fsp3) is 0.556. The van der Waals surface area contributed by atoms with Crippen molar-refractivity contribution in [1.29, 1.82) is 0 Å². The molecule has 90 valence electrons. The molecular formula is C9H16N4OS2. The van der Waals surface area contributed by atoms with Gasteiger partial charge in [0.15, 0.2) is 5.13 Å². The predicted molar refractivity (Wildman–Crippen MR) is 68.1 cm³/mol. The van der Waals surface area contributed by atoms with E-state index in [1.165, 1.54) is 11.3 Å². The van der Waals surface area contributed by atoms with Crippen LogP contribution in [0.5, 0.6) is 0 Å². The maximum atomic E-state index is 11.3. The van der Waals surface area contributed by atoms with E-state index < -0.39 is 0 Å². The molecule has 1 aromatic heterocycles. The summed E-state index contributed by atoms with van der Waals surface area (Å²) in [5, 5.41) is 0.685. The smallest absolute Gasteiger partial charge is 0.237 e. The summed E-state index contributed by atoms with van der Waals surface area (Å²) >= 11 is 3.05. The number of thiazole rings is 1. The van der Waals surface area contributed by atoms with Crippen molar-refractivity contribution in [2.75, 3.05) is 5.73 Å². The third kappa shape index (κ3) is 3.10. The number of carbonyl (C=O) groups is 1. The van der Waals surface area contributed by atoms with Gasteiger partial charge in [0.2, 0.25) is 5.91 Å². The second-order valence-electron chi connectivity index (χ2n) is 3.55. The van der Waals surface area contributed by atoms with Crippen LogP contribution < -0.4 is 17.0 Å². The molecule has 5 N–H and O–H groups in total. The van der Waals surface area contributed by atoms with E-state index in [9.17, 15) is 4.79 Å². The average Bonchev–Trinajstić information content (AvgIpc) is 2.55. The van der Waals surface area contributed by atoms with Crippen LogP contribution in [0.25, 0.3) is 0 Å². The Morgan fingerprint density at radius 1 is 1.56 bits per heavy atom. The number of nitrogen functional groups attached to an aromatic ring is 1. The van der Waals surface area contributed by atoms with E-state index in [1.807, 2.05) is 20.8 Å². The Balaban J connectivity index is 2.67. The van der Waals surface area contributed by atoms with Crippen LogP contribution in [0.1, 0.15) is 19.5 Å². The lowest BCUT2D eigenvalue weighted by molar-refractivity contribution is -0.124. The van der Waals surface area contributed by atoms with Gasteiger partial charge in [-0.2, -0.15) is 0 Å². The van der Waals surface area contributed by atoms with Gasteiger partial charge >= 0.3 is 0 Å². The average molecular weight is 260 g/mol. The summed E-state index contributed by atoms with van der Waals surface area (Å²) in [6, 6.07) is 0. The lowest BCUT2D eigenvalue weighted by Crippen LogP contribution is -2.38. The van der Waals surface area contributed by atoms with Gasteiger partial charge in [-0.15, -0.1) is 11.8 Å². The van der Waals surface area contributed by atoms with Crippen molar-refractivity contribution in [3.05, 3.63) is 5.69 Å². The molecule has 1 heterocycles. The Labute approximate surface area is 103 Å². The number of nitrogens with zero attached hydrogens (tertiary/aromatic N) is 1. The molecule has 0 aromatic carbocycles. The standard InChI is InChI=1S/C9H16N4OS2/c1-4(7(14)13-11)6(3)15-8-5(2)12-9(10)16-8/h4,6H,11H2,1-3H3,(H2,10,12)(H,13,14). The summed E-state index contributed by atoms with van der Waals surface area (Å²) < 4.78 is 1.06. The van der Waals surface area contributed by atoms with E-state index in [-0.39, 0.29) is 17.1 Å². The van der Waals surface area contributed by atoms with Crippen molar-refractivity contribution in [2.24, 2.45) is 11.8 Å². The molecule has 0 saturated carbocycles. The van der Waals surface area contributed by atoms with E-state index >= 15 is 0 Å². The maximum absolute atomic E-state index is 11.3. The van der Waals surface area contributed by atoms with Gasteiger partial charge in [-0.05, 0) is 6.92 Å².